The van der Waals surface area contributed by atoms with Crippen LogP contribution in [-0.4, -0.2) is 17.1 Å². The third-order valence-electron chi connectivity index (χ3n) is 2.95. The number of imidazole rings is 1. The van der Waals surface area contributed by atoms with Crippen molar-refractivity contribution in [1.29, 1.82) is 0 Å². The van der Waals surface area contributed by atoms with Crippen LogP contribution in [0.1, 0.15) is 39.5 Å². The summed E-state index contributed by atoms with van der Waals surface area (Å²) in [6.45, 7) is 9.54. The van der Waals surface area contributed by atoms with Gasteiger partial charge >= 0.3 is 5.97 Å². The summed E-state index contributed by atoms with van der Waals surface area (Å²) in [7, 11) is 0. The molecule has 5 heteroatoms. The molecule has 0 amide bonds. The Balaban J connectivity index is 0.00000361. The van der Waals surface area contributed by atoms with Gasteiger partial charge in [0.15, 0.2) is 0 Å². The van der Waals surface area contributed by atoms with Gasteiger partial charge in [0.05, 0.1) is 6.54 Å². The second-order valence-electron chi connectivity index (χ2n) is 4.87. The van der Waals surface area contributed by atoms with Crippen molar-refractivity contribution in [2.45, 2.75) is 52.6 Å². The molecule has 0 saturated heterocycles. The molecular formula is C15H25ClN2O2. The lowest BCUT2D eigenvalue weighted by Crippen LogP contribution is -3.00. The van der Waals surface area contributed by atoms with E-state index < -0.39 is 0 Å². The highest BCUT2D eigenvalue weighted by Crippen LogP contribution is 1.98. The molecule has 0 aliphatic rings. The van der Waals surface area contributed by atoms with Gasteiger partial charge in [0, 0.05) is 5.57 Å². The minimum absolute atomic E-state index is 0. The number of carbonyl (C=O) groups is 1. The molecular weight excluding hydrogens is 276 g/mol. The largest absolute Gasteiger partial charge is 1.00 e. The number of halogens is 1. The lowest BCUT2D eigenvalue weighted by molar-refractivity contribution is -0.696. The van der Waals surface area contributed by atoms with Crippen LogP contribution in [-0.2, 0) is 22.6 Å². The number of carbonyl (C=O) groups excluding carboxylic acids is 1. The number of hydrogen-bond acceptors (Lipinski definition) is 2. The molecule has 0 unspecified atom stereocenters. The summed E-state index contributed by atoms with van der Waals surface area (Å²) >= 11 is 0. The first-order chi connectivity index (χ1) is 9.13. The Morgan fingerprint density at radius 2 is 2.10 bits per heavy atom. The zero-order valence-corrected chi connectivity index (χ0v) is 13.2. The predicted octanol–water partition coefficient (Wildman–Crippen LogP) is -0.521. The summed E-state index contributed by atoms with van der Waals surface area (Å²) in [6.07, 6.45) is 11.2. The zero-order valence-electron chi connectivity index (χ0n) is 12.5. The lowest BCUT2D eigenvalue weighted by Gasteiger charge is -2.01. The van der Waals surface area contributed by atoms with Crippen molar-refractivity contribution in [3.63, 3.8) is 0 Å². The van der Waals surface area contributed by atoms with Crippen molar-refractivity contribution in [3.05, 3.63) is 30.9 Å². The highest BCUT2D eigenvalue weighted by molar-refractivity contribution is 5.86. The van der Waals surface area contributed by atoms with Crippen LogP contribution in [0.15, 0.2) is 30.9 Å². The van der Waals surface area contributed by atoms with Gasteiger partial charge in [0.25, 0.3) is 0 Å². The minimum Gasteiger partial charge on any atom is -1.00 e. The maximum absolute atomic E-state index is 11.2. The summed E-state index contributed by atoms with van der Waals surface area (Å²) in [5, 5.41) is 0. The molecule has 0 aliphatic carbocycles. The van der Waals surface area contributed by atoms with E-state index in [-0.39, 0.29) is 18.4 Å². The average Bonchev–Trinajstić information content (AvgIpc) is 2.82. The number of hydrogen-bond donors (Lipinski definition) is 0. The van der Waals surface area contributed by atoms with Crippen molar-refractivity contribution < 1.29 is 26.5 Å². The summed E-state index contributed by atoms with van der Waals surface area (Å²) in [5.41, 5.74) is 0.443. The number of esters is 1. The predicted molar refractivity (Wildman–Crippen MR) is 74.5 cm³/mol. The first kappa shape index (κ1) is 18.7. The van der Waals surface area contributed by atoms with Crippen LogP contribution in [0.2, 0.25) is 0 Å². The third kappa shape index (κ3) is 7.34. The molecule has 0 aliphatic heterocycles. The highest BCUT2D eigenvalue weighted by atomic mass is 35.5. The standard InChI is InChI=1S/C15H25N2O2.ClH/c1-4-5-6-7-8-16-9-10-17(13-16)11-12-19-15(18)14(2)3;/h9-10,13H,2,4-8,11-12H2,1,3H3;1H/q+1;/p-1. The molecule has 114 valence electrons. The monoisotopic (exact) mass is 300 g/mol. The van der Waals surface area contributed by atoms with Crippen molar-refractivity contribution in [2.75, 3.05) is 6.61 Å². The second-order valence-corrected chi connectivity index (χ2v) is 4.87. The van der Waals surface area contributed by atoms with Crippen LogP contribution in [0.3, 0.4) is 0 Å². The average molecular weight is 301 g/mol. The van der Waals surface area contributed by atoms with Gasteiger partial charge in [-0.25, -0.2) is 13.9 Å². The molecule has 1 aromatic rings. The number of nitrogens with zero attached hydrogens (tertiary/aromatic N) is 2. The fraction of sp³-hybridized carbons (Fsp3) is 0.600. The molecule has 1 heterocycles. The third-order valence-corrected chi connectivity index (χ3v) is 2.95. The molecule has 0 radical (unpaired) electrons. The molecule has 1 rings (SSSR count). The first-order valence-corrected chi connectivity index (χ1v) is 7.01. The highest BCUT2D eigenvalue weighted by Gasteiger charge is 2.06. The Morgan fingerprint density at radius 3 is 2.75 bits per heavy atom. The van der Waals surface area contributed by atoms with Gasteiger partial charge < -0.3 is 17.1 Å². The Hall–Kier alpha value is -1.29. The Labute approximate surface area is 127 Å². The quantitative estimate of drug-likeness (QED) is 0.266. The summed E-state index contributed by atoms with van der Waals surface area (Å²) < 4.78 is 9.27. The van der Waals surface area contributed by atoms with Crippen LogP contribution in [0, 0.1) is 0 Å². The maximum Gasteiger partial charge on any atom is 0.333 e. The van der Waals surface area contributed by atoms with E-state index in [1.165, 1.54) is 25.7 Å². The molecule has 0 N–H and O–H groups in total. The Morgan fingerprint density at radius 1 is 1.35 bits per heavy atom. The summed E-state index contributed by atoms with van der Waals surface area (Å²) in [5.74, 6) is -0.320. The molecule has 0 atom stereocenters. The second kappa shape index (κ2) is 10.5. The first-order valence-electron chi connectivity index (χ1n) is 7.01. The minimum atomic E-state index is -0.320. The van der Waals surface area contributed by atoms with Crippen LogP contribution >= 0.6 is 0 Å². The van der Waals surface area contributed by atoms with Crippen molar-refractivity contribution >= 4 is 5.97 Å². The van der Waals surface area contributed by atoms with Gasteiger partial charge in [-0.05, 0) is 19.8 Å². The van der Waals surface area contributed by atoms with Gasteiger partial charge in [-0.1, -0.05) is 26.3 Å². The fourth-order valence-electron chi connectivity index (χ4n) is 1.79. The van der Waals surface area contributed by atoms with Gasteiger partial charge in [-0.3, -0.25) is 0 Å². The molecule has 0 bridgehead atoms. The fourth-order valence-corrected chi connectivity index (χ4v) is 1.79. The van der Waals surface area contributed by atoms with Crippen LogP contribution in [0.5, 0.6) is 0 Å². The number of aromatic nitrogens is 2. The molecule has 0 spiro atoms. The SMILES string of the molecule is C=C(C)C(=O)OCCn1cc[n+](CCCCCC)c1.[Cl-]. The van der Waals surface area contributed by atoms with E-state index >= 15 is 0 Å². The van der Waals surface area contributed by atoms with Gasteiger partial charge in [0.1, 0.15) is 25.5 Å². The van der Waals surface area contributed by atoms with E-state index in [0.29, 0.717) is 18.7 Å². The van der Waals surface area contributed by atoms with Gasteiger partial charge in [0.2, 0.25) is 6.33 Å². The summed E-state index contributed by atoms with van der Waals surface area (Å²) in [6, 6.07) is 0. The van der Waals surface area contributed by atoms with E-state index in [4.69, 9.17) is 4.74 Å². The zero-order chi connectivity index (χ0) is 14.1. The van der Waals surface area contributed by atoms with E-state index in [2.05, 4.69) is 30.6 Å². The Kier molecular flexibility index (Phi) is 9.82. The number of ether oxygens (including phenoxy) is 1. The molecule has 0 saturated carbocycles. The smallest absolute Gasteiger partial charge is 0.333 e. The van der Waals surface area contributed by atoms with Crippen molar-refractivity contribution in [3.8, 4) is 0 Å². The molecule has 4 nitrogen and oxygen atoms in total. The molecule has 0 fully saturated rings. The van der Waals surface area contributed by atoms with Crippen molar-refractivity contribution in [2.24, 2.45) is 0 Å². The normalized spacial score (nSPS) is 9.90. The summed E-state index contributed by atoms with van der Waals surface area (Å²) in [4.78, 5) is 11.2. The van der Waals surface area contributed by atoms with E-state index in [1.54, 1.807) is 6.92 Å². The van der Waals surface area contributed by atoms with Crippen LogP contribution in [0.25, 0.3) is 0 Å². The van der Waals surface area contributed by atoms with Crippen molar-refractivity contribution in [1.82, 2.24) is 4.57 Å². The molecule has 1 aromatic heterocycles. The maximum atomic E-state index is 11.2. The number of unbranched alkanes of at least 4 members (excludes halogenated alkanes) is 3. The van der Waals surface area contributed by atoms with E-state index in [9.17, 15) is 4.79 Å². The number of rotatable bonds is 9. The van der Waals surface area contributed by atoms with Crippen LogP contribution in [0.4, 0.5) is 0 Å². The lowest BCUT2D eigenvalue weighted by atomic mass is 10.2. The van der Waals surface area contributed by atoms with E-state index in [0.717, 1.165) is 6.54 Å². The number of aryl methyl sites for hydroxylation is 1. The molecule has 0 aromatic carbocycles. The molecule has 20 heavy (non-hydrogen) atoms. The Bertz CT molecular complexity index is 416. The van der Waals surface area contributed by atoms with E-state index in [1.807, 2.05) is 10.8 Å². The van der Waals surface area contributed by atoms with Gasteiger partial charge in [-0.15, -0.1) is 0 Å². The van der Waals surface area contributed by atoms with Crippen LogP contribution < -0.4 is 17.0 Å². The topological polar surface area (TPSA) is 35.1 Å². The van der Waals surface area contributed by atoms with Gasteiger partial charge in [-0.2, -0.15) is 0 Å².